The fourth-order valence-corrected chi connectivity index (χ4v) is 3.92. The van der Waals surface area contributed by atoms with E-state index in [1.54, 1.807) is 48.8 Å². The maximum atomic E-state index is 15.1. The van der Waals surface area contributed by atoms with Gasteiger partial charge >= 0.3 is 0 Å². The van der Waals surface area contributed by atoms with Gasteiger partial charge in [0.15, 0.2) is 5.82 Å². The summed E-state index contributed by atoms with van der Waals surface area (Å²) in [4.78, 5) is 25.7. The second-order valence-corrected chi connectivity index (χ2v) is 7.22. The molecule has 0 fully saturated rings. The first-order chi connectivity index (χ1) is 15.0. The van der Waals surface area contributed by atoms with Gasteiger partial charge in [-0.1, -0.05) is 29.8 Å². The van der Waals surface area contributed by atoms with Crippen molar-refractivity contribution in [3.8, 4) is 0 Å². The lowest BCUT2D eigenvalue weighted by Gasteiger charge is -2.27. The van der Waals surface area contributed by atoms with Crippen LogP contribution in [-0.2, 0) is 0 Å². The number of benzene rings is 2. The minimum Gasteiger partial charge on any atom is -0.329 e. The molecule has 31 heavy (non-hydrogen) atoms. The van der Waals surface area contributed by atoms with Gasteiger partial charge in [0, 0.05) is 41.1 Å². The highest BCUT2D eigenvalue weighted by Gasteiger charge is 2.25. The number of hydrogen-bond donors (Lipinski definition) is 1. The summed E-state index contributed by atoms with van der Waals surface area (Å²) in [6.45, 7) is 0. The Bertz CT molecular complexity index is 1480. The Hall–Kier alpha value is -3.84. The van der Waals surface area contributed by atoms with E-state index in [4.69, 9.17) is 16.6 Å². The third-order valence-corrected chi connectivity index (χ3v) is 5.22. The largest absolute Gasteiger partial charge is 0.329 e. The number of halogens is 3. The summed E-state index contributed by atoms with van der Waals surface area (Å²) in [5, 5.41) is 1.25. The van der Waals surface area contributed by atoms with Crippen molar-refractivity contribution in [3.63, 3.8) is 0 Å². The van der Waals surface area contributed by atoms with Gasteiger partial charge in [-0.15, -0.1) is 0 Å². The third-order valence-electron chi connectivity index (χ3n) is 4.93. The molecule has 5 rings (SSSR count). The Kier molecular flexibility index (Phi) is 4.60. The highest BCUT2D eigenvalue weighted by Crippen LogP contribution is 2.43. The van der Waals surface area contributed by atoms with Crippen LogP contribution in [0.5, 0.6) is 0 Å². The summed E-state index contributed by atoms with van der Waals surface area (Å²) in [6, 6.07) is 14.0. The average molecular weight is 435 g/mol. The fourth-order valence-electron chi connectivity index (χ4n) is 3.64. The zero-order chi connectivity index (χ0) is 21.5. The molecule has 0 aliphatic rings. The van der Waals surface area contributed by atoms with E-state index in [1.807, 2.05) is 6.07 Å². The molecule has 0 spiro atoms. The van der Waals surface area contributed by atoms with E-state index >= 15 is 4.39 Å². The van der Waals surface area contributed by atoms with Crippen molar-refractivity contribution in [3.05, 3.63) is 100 Å². The van der Waals surface area contributed by atoms with Gasteiger partial charge in [-0.05, 0) is 30.3 Å². The van der Waals surface area contributed by atoms with Crippen LogP contribution in [0.1, 0.15) is 0 Å². The molecule has 0 amide bonds. The van der Waals surface area contributed by atoms with Gasteiger partial charge in [-0.3, -0.25) is 14.7 Å². The quantitative estimate of drug-likeness (QED) is 0.360. The molecule has 3 heterocycles. The Morgan fingerprint density at radius 3 is 2.58 bits per heavy atom. The number of aromatic nitrogens is 3. The lowest BCUT2D eigenvalue weighted by Crippen LogP contribution is -2.16. The van der Waals surface area contributed by atoms with Crippen molar-refractivity contribution in [2.24, 2.45) is 0 Å². The minimum atomic E-state index is -0.858. The number of anilines is 3. The minimum absolute atomic E-state index is 0.0724. The molecule has 0 saturated heterocycles. The van der Waals surface area contributed by atoms with Crippen LogP contribution in [0.25, 0.3) is 21.7 Å². The predicted molar refractivity (Wildman–Crippen MR) is 117 cm³/mol. The van der Waals surface area contributed by atoms with E-state index in [0.29, 0.717) is 27.4 Å². The van der Waals surface area contributed by atoms with Gasteiger partial charge < -0.3 is 4.98 Å². The first-order valence-electron chi connectivity index (χ1n) is 9.29. The molecule has 2 aromatic carbocycles. The number of nitrogens with zero attached hydrogens (tertiary/aromatic N) is 3. The number of nitrogens with one attached hydrogen (secondary N) is 1. The van der Waals surface area contributed by atoms with E-state index in [9.17, 15) is 9.18 Å². The molecular formula is C23H13ClF2N4O. The number of rotatable bonds is 3. The highest BCUT2D eigenvalue weighted by molar-refractivity contribution is 6.33. The summed E-state index contributed by atoms with van der Waals surface area (Å²) in [7, 11) is 0. The molecule has 0 bridgehead atoms. The van der Waals surface area contributed by atoms with Crippen LogP contribution in [0.2, 0.25) is 5.02 Å². The molecule has 152 valence electrons. The van der Waals surface area contributed by atoms with Crippen molar-refractivity contribution in [1.29, 1.82) is 0 Å². The summed E-state index contributed by atoms with van der Waals surface area (Å²) in [6.07, 6.45) is 4.60. The number of hydrogen-bond acceptors (Lipinski definition) is 4. The molecule has 0 aliphatic heterocycles. The second kappa shape index (κ2) is 7.45. The van der Waals surface area contributed by atoms with Crippen molar-refractivity contribution >= 4 is 50.5 Å². The first-order valence-corrected chi connectivity index (χ1v) is 9.67. The zero-order valence-electron chi connectivity index (χ0n) is 15.8. The second-order valence-electron chi connectivity index (χ2n) is 6.81. The molecule has 0 saturated carbocycles. The van der Waals surface area contributed by atoms with Crippen LogP contribution >= 0.6 is 11.6 Å². The van der Waals surface area contributed by atoms with Crippen molar-refractivity contribution in [2.75, 3.05) is 4.90 Å². The Labute approximate surface area is 179 Å². The standard InChI is InChI=1S/C23H13ClF2N4O/c24-17-10-13(25)11-18(26)21(17)30(14-4-2-1-3-5-14)22-15-6-9-28-23(31)20(15)16-12-27-8-7-19(16)29-22/h1-12H,(H,28,31). The van der Waals surface area contributed by atoms with Gasteiger partial charge in [-0.25, -0.2) is 13.8 Å². The lowest BCUT2D eigenvalue weighted by molar-refractivity contribution is 0.584. The first kappa shape index (κ1) is 19.1. The normalized spacial score (nSPS) is 11.2. The molecule has 0 radical (unpaired) electrons. The fraction of sp³-hybridized carbons (Fsp3) is 0. The maximum absolute atomic E-state index is 15.1. The Morgan fingerprint density at radius 2 is 1.81 bits per heavy atom. The van der Waals surface area contributed by atoms with Gasteiger partial charge in [0.05, 0.1) is 15.9 Å². The molecule has 1 N–H and O–H groups in total. The van der Waals surface area contributed by atoms with Crippen molar-refractivity contribution in [1.82, 2.24) is 15.0 Å². The predicted octanol–water partition coefficient (Wildman–Crippen LogP) is 5.87. The van der Waals surface area contributed by atoms with Gasteiger partial charge in [0.2, 0.25) is 0 Å². The molecule has 3 aromatic heterocycles. The smallest absolute Gasteiger partial charge is 0.256 e. The van der Waals surface area contributed by atoms with E-state index in [0.717, 1.165) is 12.1 Å². The average Bonchev–Trinajstić information content (AvgIpc) is 2.76. The topological polar surface area (TPSA) is 61.9 Å². The molecule has 8 heteroatoms. The van der Waals surface area contributed by atoms with Crippen molar-refractivity contribution < 1.29 is 8.78 Å². The van der Waals surface area contributed by atoms with Gasteiger partial charge in [-0.2, -0.15) is 0 Å². The molecule has 5 aromatic rings. The van der Waals surface area contributed by atoms with Crippen LogP contribution in [0, 0.1) is 11.6 Å². The van der Waals surface area contributed by atoms with E-state index in [2.05, 4.69) is 9.97 Å². The van der Waals surface area contributed by atoms with Crippen molar-refractivity contribution in [2.45, 2.75) is 0 Å². The molecule has 5 nitrogen and oxygen atoms in total. The summed E-state index contributed by atoms with van der Waals surface area (Å²) in [5.41, 5.74) is 0.626. The third kappa shape index (κ3) is 3.19. The Morgan fingerprint density at radius 1 is 1.00 bits per heavy atom. The van der Waals surface area contributed by atoms with E-state index < -0.39 is 11.6 Å². The van der Waals surface area contributed by atoms with Gasteiger partial charge in [0.1, 0.15) is 17.3 Å². The zero-order valence-corrected chi connectivity index (χ0v) is 16.6. The highest BCUT2D eigenvalue weighted by atomic mass is 35.5. The number of para-hydroxylation sites is 1. The number of fused-ring (bicyclic) bond motifs is 3. The van der Waals surface area contributed by atoms with Crippen LogP contribution in [0.3, 0.4) is 0 Å². The van der Waals surface area contributed by atoms with Crippen LogP contribution < -0.4 is 10.5 Å². The molecule has 0 aliphatic carbocycles. The summed E-state index contributed by atoms with van der Waals surface area (Å²) < 4.78 is 28.8. The lowest BCUT2D eigenvalue weighted by atomic mass is 10.1. The monoisotopic (exact) mass is 434 g/mol. The molecular weight excluding hydrogens is 422 g/mol. The molecule has 0 unspecified atom stereocenters. The number of aromatic amines is 1. The SMILES string of the molecule is O=c1[nH]ccc2c(N(c3ccccc3)c3c(F)cc(F)cc3Cl)nc3ccncc3c12. The summed E-state index contributed by atoms with van der Waals surface area (Å²) in [5.74, 6) is -1.38. The van der Waals surface area contributed by atoms with E-state index in [1.165, 1.54) is 11.1 Å². The summed E-state index contributed by atoms with van der Waals surface area (Å²) >= 11 is 6.30. The molecule has 0 atom stereocenters. The number of H-pyrrole nitrogens is 1. The van der Waals surface area contributed by atoms with Crippen LogP contribution in [-0.4, -0.2) is 15.0 Å². The Balaban J connectivity index is 1.95. The number of pyridine rings is 3. The van der Waals surface area contributed by atoms with Gasteiger partial charge in [0.25, 0.3) is 5.56 Å². The van der Waals surface area contributed by atoms with E-state index in [-0.39, 0.29) is 22.1 Å². The maximum Gasteiger partial charge on any atom is 0.256 e. The van der Waals surface area contributed by atoms with Crippen LogP contribution in [0.15, 0.2) is 78.0 Å². The van der Waals surface area contributed by atoms with Crippen LogP contribution in [0.4, 0.5) is 26.0 Å².